The van der Waals surface area contributed by atoms with Crippen LogP contribution in [0.4, 0.5) is 0 Å². The zero-order chi connectivity index (χ0) is 13.9. The van der Waals surface area contributed by atoms with Crippen LogP contribution in [0, 0.1) is 19.8 Å². The van der Waals surface area contributed by atoms with Gasteiger partial charge in [0, 0.05) is 25.6 Å². The Balaban J connectivity index is 2.10. The quantitative estimate of drug-likeness (QED) is 0.794. The maximum absolute atomic E-state index is 5.11. The lowest BCUT2D eigenvalue weighted by atomic mass is 9.59. The van der Waals surface area contributed by atoms with Gasteiger partial charge in [0.15, 0.2) is 0 Å². The minimum atomic E-state index is 0.351. The normalized spacial score (nSPS) is 26.2. The summed E-state index contributed by atoms with van der Waals surface area (Å²) in [6.07, 6.45) is 2.60. The largest absolute Gasteiger partial charge is 0.383 e. The molecule has 0 saturated heterocycles. The molecule has 0 unspecified atom stereocenters. The van der Waals surface area contributed by atoms with Gasteiger partial charge in [0.2, 0.25) is 0 Å². The lowest BCUT2D eigenvalue weighted by Crippen LogP contribution is -2.48. The van der Waals surface area contributed by atoms with Crippen LogP contribution in [0.3, 0.4) is 0 Å². The van der Waals surface area contributed by atoms with Crippen molar-refractivity contribution < 1.29 is 4.74 Å². The van der Waals surface area contributed by atoms with Crippen LogP contribution in [0.2, 0.25) is 0 Å². The van der Waals surface area contributed by atoms with Crippen LogP contribution < -0.4 is 5.32 Å². The Morgan fingerprint density at radius 1 is 1.21 bits per heavy atom. The first-order chi connectivity index (χ1) is 9.05. The minimum absolute atomic E-state index is 0.351. The third-order valence-electron chi connectivity index (χ3n) is 4.26. The number of benzene rings is 1. The van der Waals surface area contributed by atoms with Gasteiger partial charge in [-0.3, -0.25) is 0 Å². The van der Waals surface area contributed by atoms with Crippen LogP contribution in [-0.2, 0) is 10.2 Å². The fourth-order valence-electron chi connectivity index (χ4n) is 3.54. The molecule has 0 radical (unpaired) electrons. The highest BCUT2D eigenvalue weighted by molar-refractivity contribution is 5.36. The Morgan fingerprint density at radius 2 is 1.84 bits per heavy atom. The minimum Gasteiger partial charge on any atom is -0.383 e. The van der Waals surface area contributed by atoms with Crippen molar-refractivity contribution in [1.82, 2.24) is 5.32 Å². The van der Waals surface area contributed by atoms with Gasteiger partial charge in [-0.25, -0.2) is 0 Å². The number of ether oxygens (including phenoxy) is 1. The number of nitrogens with one attached hydrogen (secondary N) is 1. The summed E-state index contributed by atoms with van der Waals surface area (Å²) in [5, 5.41) is 3.56. The molecule has 0 atom stereocenters. The van der Waals surface area contributed by atoms with E-state index in [0.29, 0.717) is 5.41 Å². The molecule has 1 N–H and O–H groups in total. The second-order valence-electron chi connectivity index (χ2n) is 6.34. The smallest absolute Gasteiger partial charge is 0.0587 e. The monoisotopic (exact) mass is 261 g/mol. The van der Waals surface area contributed by atoms with E-state index in [9.17, 15) is 0 Å². The number of hydrogen-bond acceptors (Lipinski definition) is 2. The highest BCUT2D eigenvalue weighted by Gasteiger charge is 2.43. The molecule has 1 aromatic rings. The summed E-state index contributed by atoms with van der Waals surface area (Å²) in [7, 11) is 1.76. The molecule has 1 aliphatic rings. The molecule has 0 aromatic heterocycles. The van der Waals surface area contributed by atoms with E-state index < -0.39 is 0 Å². The molecule has 0 spiro atoms. The Kier molecular flexibility index (Phi) is 4.64. The van der Waals surface area contributed by atoms with Crippen molar-refractivity contribution in [1.29, 1.82) is 0 Å². The SMILES string of the molecule is COCCNCC1(c2cc(C)cc(C)c2)CC(C)C1. The van der Waals surface area contributed by atoms with Gasteiger partial charge in [0.25, 0.3) is 0 Å². The molecule has 2 nitrogen and oxygen atoms in total. The Morgan fingerprint density at radius 3 is 2.37 bits per heavy atom. The molecule has 0 bridgehead atoms. The lowest BCUT2D eigenvalue weighted by Gasteiger charge is -2.47. The topological polar surface area (TPSA) is 21.3 Å². The number of hydrogen-bond donors (Lipinski definition) is 1. The highest BCUT2D eigenvalue weighted by atomic mass is 16.5. The van der Waals surface area contributed by atoms with Gasteiger partial charge < -0.3 is 10.1 Å². The maximum Gasteiger partial charge on any atom is 0.0587 e. The maximum atomic E-state index is 5.11. The summed E-state index contributed by atoms with van der Waals surface area (Å²) < 4.78 is 5.11. The van der Waals surface area contributed by atoms with Crippen molar-refractivity contribution in [3.05, 3.63) is 34.9 Å². The first kappa shape index (κ1) is 14.5. The van der Waals surface area contributed by atoms with E-state index >= 15 is 0 Å². The molecular formula is C17H27NO. The molecule has 106 valence electrons. The average Bonchev–Trinajstić information content (AvgIpc) is 2.30. The molecule has 19 heavy (non-hydrogen) atoms. The van der Waals surface area contributed by atoms with E-state index in [2.05, 4.69) is 44.3 Å². The number of methoxy groups -OCH3 is 1. The summed E-state index contributed by atoms with van der Waals surface area (Å²) in [6, 6.07) is 7.01. The van der Waals surface area contributed by atoms with Crippen LogP contribution in [0.5, 0.6) is 0 Å². The summed E-state index contributed by atoms with van der Waals surface area (Å²) in [4.78, 5) is 0. The molecule has 1 aromatic carbocycles. The van der Waals surface area contributed by atoms with Crippen molar-refractivity contribution in [2.24, 2.45) is 5.92 Å². The third kappa shape index (κ3) is 3.37. The van der Waals surface area contributed by atoms with E-state index in [1.165, 1.54) is 29.5 Å². The van der Waals surface area contributed by atoms with E-state index in [-0.39, 0.29) is 0 Å². The molecule has 2 heteroatoms. The van der Waals surface area contributed by atoms with E-state index in [4.69, 9.17) is 4.74 Å². The molecule has 1 saturated carbocycles. The molecule has 1 aliphatic carbocycles. The van der Waals surface area contributed by atoms with Crippen LogP contribution in [-0.4, -0.2) is 26.8 Å². The number of rotatable bonds is 6. The van der Waals surface area contributed by atoms with Gasteiger partial charge >= 0.3 is 0 Å². The van der Waals surface area contributed by atoms with Gasteiger partial charge in [-0.15, -0.1) is 0 Å². The molecule has 0 heterocycles. The average molecular weight is 261 g/mol. The van der Waals surface area contributed by atoms with Crippen LogP contribution in [0.1, 0.15) is 36.5 Å². The van der Waals surface area contributed by atoms with Crippen molar-refractivity contribution >= 4 is 0 Å². The molecule has 1 fully saturated rings. The highest BCUT2D eigenvalue weighted by Crippen LogP contribution is 2.47. The lowest BCUT2D eigenvalue weighted by molar-refractivity contribution is 0.143. The van der Waals surface area contributed by atoms with Gasteiger partial charge in [0.05, 0.1) is 6.61 Å². The first-order valence-corrected chi connectivity index (χ1v) is 7.34. The molecule has 0 aliphatic heterocycles. The van der Waals surface area contributed by atoms with Crippen molar-refractivity contribution in [2.75, 3.05) is 26.8 Å². The Bertz CT molecular complexity index is 401. The Hall–Kier alpha value is -0.860. The van der Waals surface area contributed by atoms with E-state index in [1.54, 1.807) is 7.11 Å². The van der Waals surface area contributed by atoms with Crippen molar-refractivity contribution in [3.8, 4) is 0 Å². The van der Waals surface area contributed by atoms with Crippen molar-refractivity contribution in [3.63, 3.8) is 0 Å². The number of aryl methyl sites for hydroxylation is 2. The van der Waals surface area contributed by atoms with Crippen LogP contribution >= 0.6 is 0 Å². The third-order valence-corrected chi connectivity index (χ3v) is 4.26. The summed E-state index contributed by atoms with van der Waals surface area (Å²) >= 11 is 0. The second-order valence-corrected chi connectivity index (χ2v) is 6.34. The van der Waals surface area contributed by atoms with Gasteiger partial charge in [-0.2, -0.15) is 0 Å². The van der Waals surface area contributed by atoms with Gasteiger partial charge in [-0.1, -0.05) is 36.2 Å². The standard InChI is InChI=1S/C17H27NO/c1-13-7-14(2)9-16(8-13)17(10-15(3)11-17)12-18-5-6-19-4/h7-9,15,18H,5-6,10-12H2,1-4H3. The predicted octanol–water partition coefficient (Wildman–Crippen LogP) is 3.21. The summed E-state index contributed by atoms with van der Waals surface area (Å²) in [6.45, 7) is 9.56. The zero-order valence-corrected chi connectivity index (χ0v) is 12.8. The van der Waals surface area contributed by atoms with Crippen molar-refractivity contribution in [2.45, 2.75) is 39.0 Å². The fraction of sp³-hybridized carbons (Fsp3) is 0.647. The van der Waals surface area contributed by atoms with Crippen LogP contribution in [0.25, 0.3) is 0 Å². The first-order valence-electron chi connectivity index (χ1n) is 7.34. The van der Waals surface area contributed by atoms with E-state index in [1.807, 2.05) is 0 Å². The predicted molar refractivity (Wildman–Crippen MR) is 80.7 cm³/mol. The molecular weight excluding hydrogens is 234 g/mol. The molecule has 2 rings (SSSR count). The summed E-state index contributed by atoms with van der Waals surface area (Å²) in [5.74, 6) is 0.852. The summed E-state index contributed by atoms with van der Waals surface area (Å²) in [5.41, 5.74) is 4.63. The Labute approximate surface area is 117 Å². The fourth-order valence-corrected chi connectivity index (χ4v) is 3.54. The van der Waals surface area contributed by atoms with Gasteiger partial charge in [0.1, 0.15) is 0 Å². The zero-order valence-electron chi connectivity index (χ0n) is 12.8. The van der Waals surface area contributed by atoms with Crippen LogP contribution in [0.15, 0.2) is 18.2 Å². The van der Waals surface area contributed by atoms with Gasteiger partial charge in [-0.05, 0) is 38.2 Å². The van der Waals surface area contributed by atoms with E-state index in [0.717, 1.165) is 25.6 Å². The second kappa shape index (κ2) is 6.06. The molecule has 0 amide bonds.